The zero-order chi connectivity index (χ0) is 21.8. The largest absolute Gasteiger partial charge is 0.372 e. The Labute approximate surface area is 183 Å². The smallest absolute Gasteiger partial charge is 0.315 e. The maximum atomic E-state index is 12.2. The first-order valence-electron chi connectivity index (χ1n) is 10.9. The summed E-state index contributed by atoms with van der Waals surface area (Å²) in [5, 5.41) is 7.05. The normalized spacial score (nSPS) is 18.9. The molecule has 31 heavy (non-hydrogen) atoms. The maximum Gasteiger partial charge on any atom is 0.315 e. The molecule has 7 heteroatoms. The van der Waals surface area contributed by atoms with Crippen molar-refractivity contribution in [2.24, 2.45) is 0 Å². The van der Waals surface area contributed by atoms with Crippen molar-refractivity contribution < 1.29 is 9.53 Å². The summed E-state index contributed by atoms with van der Waals surface area (Å²) in [6.07, 6.45) is 5.03. The lowest BCUT2D eigenvalue weighted by atomic mass is 10.1. The third-order valence-corrected chi connectivity index (χ3v) is 5.61. The van der Waals surface area contributed by atoms with Crippen molar-refractivity contribution in [1.29, 1.82) is 0 Å². The van der Waals surface area contributed by atoms with Gasteiger partial charge in [-0.15, -0.1) is 0 Å². The van der Waals surface area contributed by atoms with Gasteiger partial charge in [-0.25, -0.2) is 9.78 Å². The highest BCUT2D eigenvalue weighted by Gasteiger charge is 2.22. The first-order chi connectivity index (χ1) is 15.0. The van der Waals surface area contributed by atoms with Crippen molar-refractivity contribution in [3.8, 4) is 0 Å². The minimum atomic E-state index is -0.171. The lowest BCUT2D eigenvalue weighted by Gasteiger charge is -2.36. The molecule has 1 saturated heterocycles. The number of hydrogen-bond donors (Lipinski definition) is 3. The highest BCUT2D eigenvalue weighted by Crippen LogP contribution is 2.20. The molecule has 2 amide bonds. The molecule has 2 unspecified atom stereocenters. The van der Waals surface area contributed by atoms with Crippen molar-refractivity contribution in [2.75, 3.05) is 24.5 Å². The monoisotopic (exact) mass is 421 g/mol. The number of carbonyl (C=O) groups excluding carboxylic acids is 1. The number of aromatic amines is 1. The molecule has 0 bridgehead atoms. The first kappa shape index (κ1) is 21.2. The molecule has 2 aromatic heterocycles. The number of anilines is 1. The van der Waals surface area contributed by atoms with Gasteiger partial charge in [-0.3, -0.25) is 0 Å². The molecule has 3 aromatic rings. The number of hydrogen-bond acceptors (Lipinski definition) is 4. The van der Waals surface area contributed by atoms with Crippen molar-refractivity contribution in [1.82, 2.24) is 20.6 Å². The molecule has 0 saturated carbocycles. The quantitative estimate of drug-likeness (QED) is 0.569. The van der Waals surface area contributed by atoms with Gasteiger partial charge in [-0.05, 0) is 56.0 Å². The lowest BCUT2D eigenvalue weighted by Crippen LogP contribution is -2.45. The second kappa shape index (κ2) is 9.39. The minimum Gasteiger partial charge on any atom is -0.372 e. The van der Waals surface area contributed by atoms with Crippen LogP contribution in [0, 0.1) is 6.92 Å². The Kier molecular flexibility index (Phi) is 6.42. The fourth-order valence-corrected chi connectivity index (χ4v) is 4.14. The Morgan fingerprint density at radius 1 is 1.19 bits per heavy atom. The highest BCUT2D eigenvalue weighted by molar-refractivity contribution is 5.83. The van der Waals surface area contributed by atoms with Gasteiger partial charge in [0.05, 0.1) is 12.2 Å². The molecule has 0 spiro atoms. The van der Waals surface area contributed by atoms with Gasteiger partial charge in [0.1, 0.15) is 5.82 Å². The zero-order valence-electron chi connectivity index (χ0n) is 18.4. The van der Waals surface area contributed by atoms with E-state index in [0.29, 0.717) is 13.1 Å². The summed E-state index contributed by atoms with van der Waals surface area (Å²) >= 11 is 0. The number of nitrogens with zero attached hydrogens (tertiary/aromatic N) is 2. The third kappa shape index (κ3) is 5.35. The van der Waals surface area contributed by atoms with Crippen LogP contribution in [-0.2, 0) is 17.7 Å². The fourth-order valence-electron chi connectivity index (χ4n) is 4.14. The van der Waals surface area contributed by atoms with Crippen LogP contribution < -0.4 is 15.5 Å². The number of H-pyrrole nitrogens is 1. The van der Waals surface area contributed by atoms with Crippen LogP contribution in [-0.4, -0.2) is 47.8 Å². The summed E-state index contributed by atoms with van der Waals surface area (Å²) in [4.78, 5) is 22.3. The van der Waals surface area contributed by atoms with Gasteiger partial charge >= 0.3 is 6.03 Å². The molecule has 1 aliphatic rings. The van der Waals surface area contributed by atoms with E-state index in [0.717, 1.165) is 36.4 Å². The first-order valence-corrected chi connectivity index (χ1v) is 10.9. The van der Waals surface area contributed by atoms with Gasteiger partial charge in [0.25, 0.3) is 0 Å². The number of aromatic nitrogens is 2. The average molecular weight is 422 g/mol. The van der Waals surface area contributed by atoms with E-state index in [2.05, 4.69) is 64.5 Å². The number of pyridine rings is 1. The number of ether oxygens (including phenoxy) is 1. The molecule has 3 heterocycles. The predicted molar refractivity (Wildman–Crippen MR) is 123 cm³/mol. The molecule has 1 fully saturated rings. The Balaban J connectivity index is 1.22. The van der Waals surface area contributed by atoms with Crippen LogP contribution in [0.2, 0.25) is 0 Å². The van der Waals surface area contributed by atoms with Crippen molar-refractivity contribution in [2.45, 2.75) is 45.9 Å². The van der Waals surface area contributed by atoms with E-state index in [9.17, 15) is 4.79 Å². The summed E-state index contributed by atoms with van der Waals surface area (Å²) in [5.74, 6) is 0.948. The van der Waals surface area contributed by atoms with Gasteiger partial charge < -0.3 is 25.3 Å². The lowest BCUT2D eigenvalue weighted by molar-refractivity contribution is -0.00546. The number of benzene rings is 1. The number of aryl methyl sites for hydroxylation is 1. The van der Waals surface area contributed by atoms with Crippen LogP contribution in [0.4, 0.5) is 10.6 Å². The third-order valence-electron chi connectivity index (χ3n) is 5.61. The Morgan fingerprint density at radius 3 is 2.74 bits per heavy atom. The van der Waals surface area contributed by atoms with Gasteiger partial charge in [0, 0.05) is 49.5 Å². The van der Waals surface area contributed by atoms with E-state index in [1.54, 1.807) is 0 Å². The number of morpholine rings is 1. The number of carbonyl (C=O) groups is 1. The van der Waals surface area contributed by atoms with E-state index < -0.39 is 0 Å². The minimum absolute atomic E-state index is 0.171. The standard InChI is InChI=1S/C24H31N5O2/c1-16-4-6-21-20(13-26-22(21)10-16)8-9-25-24(30)28-12-19-5-7-23(27-11-19)29-14-17(2)31-18(3)15-29/h4-7,10-11,13,17-18,26H,8-9,12,14-15H2,1-3H3,(H2,25,28,30). The molecular formula is C24H31N5O2. The van der Waals surface area contributed by atoms with E-state index in [1.807, 2.05) is 24.5 Å². The predicted octanol–water partition coefficient (Wildman–Crippen LogP) is 3.53. The number of fused-ring (bicyclic) bond motifs is 1. The second-order valence-electron chi connectivity index (χ2n) is 8.41. The number of urea groups is 1. The number of amides is 2. The summed E-state index contributed by atoms with van der Waals surface area (Å²) in [6.45, 7) is 8.95. The number of nitrogens with one attached hydrogen (secondary N) is 3. The van der Waals surface area contributed by atoms with E-state index in [1.165, 1.54) is 16.5 Å². The molecule has 7 nitrogen and oxygen atoms in total. The van der Waals surface area contributed by atoms with Crippen molar-refractivity contribution in [3.05, 3.63) is 59.4 Å². The molecule has 1 aliphatic heterocycles. The van der Waals surface area contributed by atoms with Crippen molar-refractivity contribution in [3.63, 3.8) is 0 Å². The molecule has 0 aliphatic carbocycles. The Hall–Kier alpha value is -3.06. The maximum absolute atomic E-state index is 12.2. The second-order valence-corrected chi connectivity index (χ2v) is 8.41. The van der Waals surface area contributed by atoms with Gasteiger partial charge in [-0.2, -0.15) is 0 Å². The van der Waals surface area contributed by atoms with Crippen LogP contribution in [0.15, 0.2) is 42.7 Å². The van der Waals surface area contributed by atoms with Crippen LogP contribution >= 0.6 is 0 Å². The van der Waals surface area contributed by atoms with Crippen LogP contribution in [0.5, 0.6) is 0 Å². The molecule has 4 rings (SSSR count). The van der Waals surface area contributed by atoms with Crippen molar-refractivity contribution >= 4 is 22.8 Å². The fraction of sp³-hybridized carbons (Fsp3) is 0.417. The molecule has 0 radical (unpaired) electrons. The van der Waals surface area contributed by atoms with Gasteiger partial charge in [0.2, 0.25) is 0 Å². The summed E-state index contributed by atoms with van der Waals surface area (Å²) in [7, 11) is 0. The Bertz CT molecular complexity index is 1020. The van der Waals surface area contributed by atoms with E-state index in [4.69, 9.17) is 4.74 Å². The van der Waals surface area contributed by atoms with E-state index >= 15 is 0 Å². The zero-order valence-corrected chi connectivity index (χ0v) is 18.4. The molecular weight excluding hydrogens is 390 g/mol. The SMILES string of the molecule is Cc1ccc2c(CCNC(=O)NCc3ccc(N4CC(C)OC(C)C4)nc3)c[nH]c2c1. The topological polar surface area (TPSA) is 82.3 Å². The summed E-state index contributed by atoms with van der Waals surface area (Å²) in [5.41, 5.74) is 4.55. The number of rotatable bonds is 6. The Morgan fingerprint density at radius 2 is 2.00 bits per heavy atom. The van der Waals surface area contributed by atoms with Crippen LogP contribution in [0.3, 0.4) is 0 Å². The summed E-state index contributed by atoms with van der Waals surface area (Å²) in [6, 6.07) is 10.2. The van der Waals surface area contributed by atoms with Gasteiger partial charge in [-0.1, -0.05) is 18.2 Å². The van der Waals surface area contributed by atoms with Crippen LogP contribution in [0.1, 0.15) is 30.5 Å². The average Bonchev–Trinajstić information content (AvgIpc) is 3.14. The molecule has 164 valence electrons. The highest BCUT2D eigenvalue weighted by atomic mass is 16.5. The van der Waals surface area contributed by atoms with Crippen LogP contribution in [0.25, 0.3) is 10.9 Å². The molecule has 1 aromatic carbocycles. The molecule has 2 atom stereocenters. The molecule has 3 N–H and O–H groups in total. The summed E-state index contributed by atoms with van der Waals surface area (Å²) < 4.78 is 5.78. The van der Waals surface area contributed by atoms with Gasteiger partial charge in [0.15, 0.2) is 0 Å². The van der Waals surface area contributed by atoms with E-state index in [-0.39, 0.29) is 18.2 Å².